The molecule has 1 aromatic carbocycles. The summed E-state index contributed by atoms with van der Waals surface area (Å²) in [6, 6.07) is 9.13. The number of rotatable bonds is 10. The van der Waals surface area contributed by atoms with Crippen molar-refractivity contribution in [2.75, 3.05) is 24.5 Å². The van der Waals surface area contributed by atoms with E-state index in [2.05, 4.69) is 25.2 Å². The minimum Gasteiger partial charge on any atom is -0.450 e. The smallest absolute Gasteiger partial charge is 0.414 e. The zero-order valence-electron chi connectivity index (χ0n) is 19.5. The molecule has 0 aliphatic rings. The van der Waals surface area contributed by atoms with E-state index in [0.29, 0.717) is 5.69 Å². The van der Waals surface area contributed by atoms with E-state index in [0.717, 1.165) is 10.1 Å². The van der Waals surface area contributed by atoms with Crippen LogP contribution >= 0.6 is 0 Å². The van der Waals surface area contributed by atoms with Gasteiger partial charge in [-0.1, -0.05) is 12.1 Å². The summed E-state index contributed by atoms with van der Waals surface area (Å²) in [5.74, 6) is -0.832. The number of anilines is 1. The first-order valence-corrected chi connectivity index (χ1v) is 12.0. The van der Waals surface area contributed by atoms with Crippen LogP contribution in [0.5, 0.6) is 0 Å². The van der Waals surface area contributed by atoms with Crippen LogP contribution < -0.4 is 26.6 Å². The standard InChI is InChI=1S/C21H28N6O7S/c1-4-33-21(30)24-20(22)25-34-11-10-23-18(28)13-27-15(3)8-9-17(19(27)29)26-35(31,32)16-7-5-6-14(2)12-16/h5-9,12,26H,4,10-11,13H2,1-3H3,(H,23,28)(H3,22,24,25,30). The van der Waals surface area contributed by atoms with Gasteiger partial charge >= 0.3 is 6.09 Å². The number of aromatic nitrogens is 1. The molecule has 0 unspecified atom stereocenters. The number of sulfonamides is 1. The summed E-state index contributed by atoms with van der Waals surface area (Å²) in [7, 11) is -3.99. The molecule has 0 fully saturated rings. The van der Waals surface area contributed by atoms with E-state index in [1.54, 1.807) is 32.9 Å². The van der Waals surface area contributed by atoms with Crippen molar-refractivity contribution >= 4 is 33.7 Å². The highest BCUT2D eigenvalue weighted by molar-refractivity contribution is 7.92. The maximum atomic E-state index is 12.8. The molecule has 0 aliphatic carbocycles. The fraction of sp³-hybridized carbons (Fsp3) is 0.333. The number of nitrogens with one attached hydrogen (secondary N) is 3. The van der Waals surface area contributed by atoms with Crippen LogP contribution in [-0.4, -0.2) is 50.7 Å². The first-order chi connectivity index (χ1) is 16.5. The van der Waals surface area contributed by atoms with E-state index >= 15 is 0 Å². The molecule has 0 spiro atoms. The van der Waals surface area contributed by atoms with E-state index in [9.17, 15) is 22.8 Å². The monoisotopic (exact) mass is 508 g/mol. The summed E-state index contributed by atoms with van der Waals surface area (Å²) in [6.45, 7) is 4.77. The van der Waals surface area contributed by atoms with E-state index in [-0.39, 0.29) is 42.8 Å². The molecule has 0 saturated heterocycles. The van der Waals surface area contributed by atoms with Gasteiger partial charge in [0.1, 0.15) is 18.8 Å². The third kappa shape index (κ3) is 8.33. The van der Waals surface area contributed by atoms with Crippen LogP contribution in [0, 0.1) is 13.8 Å². The second kappa shape index (κ2) is 12.4. The number of guanidine groups is 1. The lowest BCUT2D eigenvalue weighted by Gasteiger charge is -2.13. The maximum absolute atomic E-state index is 12.8. The fourth-order valence-corrected chi connectivity index (χ4v) is 3.94. The number of oxime groups is 1. The number of alkyl carbamates (subject to hydrolysis) is 1. The number of nitrogens with zero attached hydrogens (tertiary/aromatic N) is 2. The first kappa shape index (κ1) is 27.2. The molecule has 5 N–H and O–H groups in total. The Morgan fingerprint density at radius 3 is 2.60 bits per heavy atom. The van der Waals surface area contributed by atoms with Crippen molar-refractivity contribution in [2.45, 2.75) is 32.2 Å². The Balaban J connectivity index is 1.96. The van der Waals surface area contributed by atoms with E-state index in [1.165, 1.54) is 24.3 Å². The molecule has 1 aromatic heterocycles. The summed E-state index contributed by atoms with van der Waals surface area (Å²) < 4.78 is 33.4. The number of carbonyl (C=O) groups is 2. The molecule has 2 rings (SSSR count). The molecule has 190 valence electrons. The predicted molar refractivity (Wildman–Crippen MR) is 128 cm³/mol. The lowest BCUT2D eigenvalue weighted by molar-refractivity contribution is -0.122. The lowest BCUT2D eigenvalue weighted by Crippen LogP contribution is -2.37. The van der Waals surface area contributed by atoms with Crippen molar-refractivity contribution in [3.63, 3.8) is 0 Å². The molecule has 14 heteroatoms. The van der Waals surface area contributed by atoms with Gasteiger partial charge in [0, 0.05) is 5.69 Å². The lowest BCUT2D eigenvalue weighted by atomic mass is 10.2. The number of ether oxygens (including phenoxy) is 1. The summed E-state index contributed by atoms with van der Waals surface area (Å²) in [5, 5.41) is 8.11. The number of pyridine rings is 1. The van der Waals surface area contributed by atoms with Gasteiger partial charge in [0.25, 0.3) is 15.6 Å². The molecule has 35 heavy (non-hydrogen) atoms. The highest BCUT2D eigenvalue weighted by Gasteiger charge is 2.18. The third-order valence-corrected chi connectivity index (χ3v) is 5.79. The van der Waals surface area contributed by atoms with Gasteiger partial charge in [0.05, 0.1) is 18.0 Å². The Labute approximate surface area is 202 Å². The minimum absolute atomic E-state index is 0.0162. The maximum Gasteiger partial charge on any atom is 0.414 e. The average Bonchev–Trinajstić information content (AvgIpc) is 2.78. The number of hydrogen-bond acceptors (Lipinski definition) is 8. The number of nitrogens with two attached hydrogens (primary N) is 1. The molecule has 2 amide bonds. The van der Waals surface area contributed by atoms with Crippen molar-refractivity contribution < 1.29 is 27.6 Å². The molecule has 0 saturated carbocycles. The number of benzene rings is 1. The van der Waals surface area contributed by atoms with Gasteiger partial charge in [-0.15, -0.1) is 0 Å². The van der Waals surface area contributed by atoms with Gasteiger partial charge < -0.3 is 25.2 Å². The molecule has 13 nitrogen and oxygen atoms in total. The normalized spacial score (nSPS) is 11.5. The second-order valence-electron chi connectivity index (χ2n) is 7.21. The van der Waals surface area contributed by atoms with E-state index in [4.69, 9.17) is 10.6 Å². The second-order valence-corrected chi connectivity index (χ2v) is 8.89. The molecule has 1 heterocycles. The van der Waals surface area contributed by atoms with Gasteiger partial charge in [0.15, 0.2) is 0 Å². The van der Waals surface area contributed by atoms with Crippen LogP contribution in [0.3, 0.4) is 0 Å². The molecule has 2 aromatic rings. The van der Waals surface area contributed by atoms with Crippen LogP contribution in [0.1, 0.15) is 18.2 Å². The Morgan fingerprint density at radius 2 is 1.91 bits per heavy atom. The van der Waals surface area contributed by atoms with E-state index in [1.807, 2.05) is 0 Å². The van der Waals surface area contributed by atoms with Gasteiger partial charge in [-0.05, 0) is 55.8 Å². The Bertz CT molecular complexity index is 1260. The molecule has 0 atom stereocenters. The number of amides is 2. The van der Waals surface area contributed by atoms with Crippen molar-refractivity contribution in [3.05, 3.63) is 58.0 Å². The van der Waals surface area contributed by atoms with Crippen molar-refractivity contribution in [1.29, 1.82) is 0 Å². The van der Waals surface area contributed by atoms with Gasteiger partial charge in [-0.2, -0.15) is 0 Å². The summed E-state index contributed by atoms with van der Waals surface area (Å²) in [4.78, 5) is 41.2. The summed E-state index contributed by atoms with van der Waals surface area (Å²) in [5.41, 5.74) is 5.77. The molecule has 0 radical (unpaired) electrons. The average molecular weight is 509 g/mol. The van der Waals surface area contributed by atoms with E-state index < -0.39 is 27.6 Å². The number of hydrogen-bond donors (Lipinski definition) is 4. The molecule has 0 aliphatic heterocycles. The fourth-order valence-electron chi connectivity index (χ4n) is 2.78. The van der Waals surface area contributed by atoms with Crippen LogP contribution in [0.25, 0.3) is 0 Å². The van der Waals surface area contributed by atoms with Gasteiger partial charge in [0.2, 0.25) is 11.9 Å². The zero-order chi connectivity index (χ0) is 26.0. The van der Waals surface area contributed by atoms with Crippen LogP contribution in [-0.2, 0) is 30.9 Å². The van der Waals surface area contributed by atoms with Crippen LogP contribution in [0.2, 0.25) is 0 Å². The van der Waals surface area contributed by atoms with Crippen molar-refractivity contribution in [1.82, 2.24) is 15.2 Å². The largest absolute Gasteiger partial charge is 0.450 e. The van der Waals surface area contributed by atoms with Crippen LogP contribution in [0.4, 0.5) is 10.5 Å². The zero-order valence-corrected chi connectivity index (χ0v) is 20.3. The topological polar surface area (TPSA) is 183 Å². The Kier molecular flexibility index (Phi) is 9.64. The minimum atomic E-state index is -3.99. The van der Waals surface area contributed by atoms with Gasteiger partial charge in [-0.25, -0.2) is 13.2 Å². The first-order valence-electron chi connectivity index (χ1n) is 10.5. The summed E-state index contributed by atoms with van der Waals surface area (Å²) >= 11 is 0. The highest BCUT2D eigenvalue weighted by Crippen LogP contribution is 2.15. The SMILES string of the molecule is CCOC(=O)N/C(N)=N/OCCNC(=O)Cn1c(C)ccc(NS(=O)(=O)c2cccc(C)c2)c1=O. The van der Waals surface area contributed by atoms with Crippen molar-refractivity contribution in [3.8, 4) is 0 Å². The molecular weight excluding hydrogens is 480 g/mol. The molecule has 0 bridgehead atoms. The van der Waals surface area contributed by atoms with Gasteiger partial charge in [-0.3, -0.25) is 19.6 Å². The quantitative estimate of drug-likeness (QED) is 0.154. The molecular formula is C21H28N6O7S. The predicted octanol–water partition coefficient (Wildman–Crippen LogP) is 0.375. The highest BCUT2D eigenvalue weighted by atomic mass is 32.2. The number of carbonyl (C=O) groups excluding carboxylic acids is 2. The van der Waals surface area contributed by atoms with Crippen molar-refractivity contribution in [2.24, 2.45) is 10.9 Å². The summed E-state index contributed by atoms with van der Waals surface area (Å²) in [6.07, 6.45) is -0.783. The number of aryl methyl sites for hydroxylation is 2. The Morgan fingerprint density at radius 1 is 1.17 bits per heavy atom. The van der Waals surface area contributed by atoms with Crippen LogP contribution in [0.15, 0.2) is 51.2 Å². The third-order valence-electron chi connectivity index (χ3n) is 4.42. The Hall–Kier alpha value is -4.07.